The summed E-state index contributed by atoms with van der Waals surface area (Å²) in [6.07, 6.45) is 2.43. The van der Waals surface area contributed by atoms with E-state index in [1.807, 2.05) is 16.9 Å². The highest BCUT2D eigenvalue weighted by Crippen LogP contribution is 2.22. The number of aryl methyl sites for hydroxylation is 1. The zero-order chi connectivity index (χ0) is 15.5. The molecule has 0 bridgehead atoms. The number of hydrogen-bond acceptors (Lipinski definition) is 4. The van der Waals surface area contributed by atoms with E-state index < -0.39 is 0 Å². The van der Waals surface area contributed by atoms with Crippen molar-refractivity contribution >= 4 is 10.8 Å². The van der Waals surface area contributed by atoms with Crippen molar-refractivity contribution in [2.45, 2.75) is 25.9 Å². The SMILES string of the molecule is Cc1ccc2ccccc2c1Cn1cc(C[C@@H](N)CO)nn1. The summed E-state index contributed by atoms with van der Waals surface area (Å²) >= 11 is 0. The van der Waals surface area contributed by atoms with E-state index in [2.05, 4.69) is 47.6 Å². The topological polar surface area (TPSA) is 77.0 Å². The molecule has 22 heavy (non-hydrogen) atoms. The molecular weight excluding hydrogens is 276 g/mol. The molecule has 5 heteroatoms. The second-order valence-corrected chi connectivity index (χ2v) is 5.64. The quantitative estimate of drug-likeness (QED) is 0.750. The lowest BCUT2D eigenvalue weighted by molar-refractivity contribution is 0.264. The monoisotopic (exact) mass is 296 g/mol. The second-order valence-electron chi connectivity index (χ2n) is 5.64. The predicted octanol–water partition coefficient (Wildman–Crippen LogP) is 1.65. The Hall–Kier alpha value is -2.24. The van der Waals surface area contributed by atoms with Crippen molar-refractivity contribution in [3.05, 3.63) is 59.4 Å². The maximum Gasteiger partial charge on any atom is 0.0843 e. The molecule has 0 radical (unpaired) electrons. The summed E-state index contributed by atoms with van der Waals surface area (Å²) in [5.74, 6) is 0. The van der Waals surface area contributed by atoms with Gasteiger partial charge in [-0.05, 0) is 28.8 Å². The Balaban J connectivity index is 1.89. The molecule has 3 rings (SSSR count). The molecular formula is C17H20N4O. The predicted molar refractivity (Wildman–Crippen MR) is 86.6 cm³/mol. The number of benzene rings is 2. The van der Waals surface area contributed by atoms with Crippen LogP contribution in [0.1, 0.15) is 16.8 Å². The van der Waals surface area contributed by atoms with Gasteiger partial charge in [0.05, 0.1) is 18.8 Å². The summed E-state index contributed by atoms with van der Waals surface area (Å²) in [4.78, 5) is 0. The molecule has 0 amide bonds. The van der Waals surface area contributed by atoms with E-state index in [0.29, 0.717) is 13.0 Å². The van der Waals surface area contributed by atoms with Crippen LogP contribution in [0.5, 0.6) is 0 Å². The van der Waals surface area contributed by atoms with E-state index in [4.69, 9.17) is 10.8 Å². The molecule has 5 nitrogen and oxygen atoms in total. The zero-order valence-corrected chi connectivity index (χ0v) is 12.6. The fourth-order valence-corrected chi connectivity index (χ4v) is 2.66. The molecule has 1 aromatic heterocycles. The number of rotatable bonds is 5. The minimum absolute atomic E-state index is 0.0463. The van der Waals surface area contributed by atoms with Crippen LogP contribution < -0.4 is 5.73 Å². The lowest BCUT2D eigenvalue weighted by Gasteiger charge is -2.10. The van der Waals surface area contributed by atoms with Crippen molar-refractivity contribution in [2.75, 3.05) is 6.61 Å². The van der Waals surface area contributed by atoms with Gasteiger partial charge in [-0.15, -0.1) is 5.10 Å². The molecule has 2 aromatic carbocycles. The number of nitrogens with zero attached hydrogens (tertiary/aromatic N) is 3. The first-order chi connectivity index (χ1) is 10.7. The minimum atomic E-state index is -0.288. The van der Waals surface area contributed by atoms with Gasteiger partial charge in [0.15, 0.2) is 0 Å². The van der Waals surface area contributed by atoms with E-state index in [0.717, 1.165) is 5.69 Å². The summed E-state index contributed by atoms with van der Waals surface area (Å²) in [7, 11) is 0. The molecule has 0 fully saturated rings. The summed E-state index contributed by atoms with van der Waals surface area (Å²) in [6, 6.07) is 12.3. The Labute approximate surface area is 129 Å². The Morgan fingerprint density at radius 1 is 1.23 bits per heavy atom. The fraction of sp³-hybridized carbons (Fsp3) is 0.294. The van der Waals surface area contributed by atoms with Crippen LogP contribution in [0, 0.1) is 6.92 Å². The van der Waals surface area contributed by atoms with Crippen molar-refractivity contribution < 1.29 is 5.11 Å². The second kappa shape index (κ2) is 6.25. The van der Waals surface area contributed by atoms with Crippen molar-refractivity contribution in [3.8, 4) is 0 Å². The highest BCUT2D eigenvalue weighted by atomic mass is 16.3. The Kier molecular flexibility index (Phi) is 4.18. The molecule has 0 unspecified atom stereocenters. The maximum absolute atomic E-state index is 9.01. The third-order valence-electron chi connectivity index (χ3n) is 3.89. The molecule has 1 atom stereocenters. The van der Waals surface area contributed by atoms with Gasteiger partial charge < -0.3 is 10.8 Å². The van der Waals surface area contributed by atoms with Crippen LogP contribution in [0.2, 0.25) is 0 Å². The first kappa shape index (κ1) is 14.7. The number of aliphatic hydroxyl groups is 1. The lowest BCUT2D eigenvalue weighted by atomic mass is 10.00. The fourth-order valence-electron chi connectivity index (χ4n) is 2.66. The van der Waals surface area contributed by atoms with Crippen molar-refractivity contribution in [1.82, 2.24) is 15.0 Å². The largest absolute Gasteiger partial charge is 0.395 e. The first-order valence-electron chi connectivity index (χ1n) is 7.40. The Bertz CT molecular complexity index is 781. The molecule has 0 saturated heterocycles. The first-order valence-corrected chi connectivity index (χ1v) is 7.40. The van der Waals surface area contributed by atoms with Crippen LogP contribution in [0.3, 0.4) is 0 Å². The van der Waals surface area contributed by atoms with Crippen LogP contribution in [0.4, 0.5) is 0 Å². The average molecular weight is 296 g/mol. The van der Waals surface area contributed by atoms with E-state index in [1.54, 1.807) is 0 Å². The standard InChI is InChI=1S/C17H20N4O/c1-12-6-7-13-4-2-3-5-16(13)17(12)10-21-9-15(19-20-21)8-14(18)11-22/h2-7,9,14,22H,8,10-11,18H2,1H3/t14-/m1/s1. The molecule has 114 valence electrons. The summed E-state index contributed by atoms with van der Waals surface area (Å²) in [5, 5.41) is 19.8. The highest BCUT2D eigenvalue weighted by Gasteiger charge is 2.09. The van der Waals surface area contributed by atoms with Crippen LogP contribution >= 0.6 is 0 Å². The number of aliphatic hydroxyl groups excluding tert-OH is 1. The molecule has 0 saturated carbocycles. The molecule has 0 aliphatic heterocycles. The van der Waals surface area contributed by atoms with Crippen molar-refractivity contribution in [1.29, 1.82) is 0 Å². The van der Waals surface area contributed by atoms with E-state index in [1.165, 1.54) is 21.9 Å². The van der Waals surface area contributed by atoms with E-state index in [-0.39, 0.29) is 12.6 Å². The molecule has 1 heterocycles. The van der Waals surface area contributed by atoms with Gasteiger partial charge in [-0.2, -0.15) is 0 Å². The maximum atomic E-state index is 9.01. The molecule has 0 aliphatic rings. The van der Waals surface area contributed by atoms with Crippen LogP contribution in [0.25, 0.3) is 10.8 Å². The molecule has 0 spiro atoms. The van der Waals surface area contributed by atoms with E-state index >= 15 is 0 Å². The van der Waals surface area contributed by atoms with Crippen molar-refractivity contribution in [3.63, 3.8) is 0 Å². The zero-order valence-electron chi connectivity index (χ0n) is 12.6. The van der Waals surface area contributed by atoms with Crippen molar-refractivity contribution in [2.24, 2.45) is 5.73 Å². The third kappa shape index (κ3) is 3.00. The average Bonchev–Trinajstić information content (AvgIpc) is 2.97. The number of nitrogens with two attached hydrogens (primary N) is 1. The van der Waals surface area contributed by atoms with Gasteiger partial charge >= 0.3 is 0 Å². The molecule has 3 N–H and O–H groups in total. The summed E-state index contributed by atoms with van der Waals surface area (Å²) in [6.45, 7) is 2.74. The minimum Gasteiger partial charge on any atom is -0.395 e. The third-order valence-corrected chi connectivity index (χ3v) is 3.89. The lowest BCUT2D eigenvalue weighted by Crippen LogP contribution is -2.26. The van der Waals surface area contributed by atoms with Gasteiger partial charge in [0.1, 0.15) is 0 Å². The Morgan fingerprint density at radius 3 is 2.86 bits per heavy atom. The number of fused-ring (bicyclic) bond motifs is 1. The summed E-state index contributed by atoms with van der Waals surface area (Å²) < 4.78 is 1.83. The van der Waals surface area contributed by atoms with Crippen LogP contribution in [-0.4, -0.2) is 32.7 Å². The number of hydrogen-bond donors (Lipinski definition) is 2. The molecule has 3 aromatic rings. The van der Waals surface area contributed by atoms with Gasteiger partial charge in [0.25, 0.3) is 0 Å². The van der Waals surface area contributed by atoms with E-state index in [9.17, 15) is 0 Å². The van der Waals surface area contributed by atoms with Crippen LogP contribution in [-0.2, 0) is 13.0 Å². The number of aromatic nitrogens is 3. The highest BCUT2D eigenvalue weighted by molar-refractivity contribution is 5.86. The smallest absolute Gasteiger partial charge is 0.0843 e. The van der Waals surface area contributed by atoms with Gasteiger partial charge in [0, 0.05) is 18.7 Å². The van der Waals surface area contributed by atoms with Gasteiger partial charge in [0.2, 0.25) is 0 Å². The van der Waals surface area contributed by atoms with Gasteiger partial charge in [-0.3, -0.25) is 0 Å². The summed E-state index contributed by atoms with van der Waals surface area (Å²) in [5.41, 5.74) is 9.03. The molecule has 0 aliphatic carbocycles. The van der Waals surface area contributed by atoms with Gasteiger partial charge in [-0.25, -0.2) is 4.68 Å². The Morgan fingerprint density at radius 2 is 2.05 bits per heavy atom. The van der Waals surface area contributed by atoms with Crippen LogP contribution in [0.15, 0.2) is 42.6 Å². The normalized spacial score (nSPS) is 12.7. The van der Waals surface area contributed by atoms with Gasteiger partial charge in [-0.1, -0.05) is 41.6 Å².